The van der Waals surface area contributed by atoms with E-state index in [0.717, 1.165) is 19.8 Å². The minimum absolute atomic E-state index is 0.427. The summed E-state index contributed by atoms with van der Waals surface area (Å²) in [7, 11) is 0. The van der Waals surface area contributed by atoms with Crippen molar-refractivity contribution in [2.75, 3.05) is 19.8 Å². The lowest BCUT2D eigenvalue weighted by molar-refractivity contribution is 0.113. The fourth-order valence-corrected chi connectivity index (χ4v) is 3.13. The molecule has 0 aromatic carbocycles. The van der Waals surface area contributed by atoms with Gasteiger partial charge in [0.1, 0.15) is 6.10 Å². The Balaban J connectivity index is 1.59. The molecule has 2 heteroatoms. The van der Waals surface area contributed by atoms with Crippen molar-refractivity contribution in [2.24, 2.45) is 0 Å². The lowest BCUT2D eigenvalue weighted by Gasteiger charge is -2.04. The highest BCUT2D eigenvalue weighted by molar-refractivity contribution is 4.67. The third kappa shape index (κ3) is 16.6. The number of unbranched alkanes of at least 4 members (excludes halogenated alkanes) is 15. The molecule has 23 heavy (non-hydrogen) atoms. The van der Waals surface area contributed by atoms with Crippen LogP contribution in [0.2, 0.25) is 0 Å². The predicted octanol–water partition coefficient (Wildman–Crippen LogP) is 6.66. The Bertz CT molecular complexity index is 226. The van der Waals surface area contributed by atoms with E-state index in [2.05, 4.69) is 6.92 Å². The zero-order valence-electron chi connectivity index (χ0n) is 15.8. The summed E-state index contributed by atoms with van der Waals surface area (Å²) in [5.74, 6) is 0. The summed E-state index contributed by atoms with van der Waals surface area (Å²) in [6, 6.07) is 0. The van der Waals surface area contributed by atoms with Gasteiger partial charge in [0, 0.05) is 6.61 Å². The average molecular weight is 327 g/mol. The molecular weight excluding hydrogens is 284 g/mol. The van der Waals surface area contributed by atoms with Crippen LogP contribution in [0.3, 0.4) is 0 Å². The summed E-state index contributed by atoms with van der Waals surface area (Å²) >= 11 is 0. The molecule has 0 unspecified atom stereocenters. The van der Waals surface area contributed by atoms with E-state index in [4.69, 9.17) is 9.47 Å². The molecule has 1 atom stereocenters. The summed E-state index contributed by atoms with van der Waals surface area (Å²) < 4.78 is 10.7. The highest BCUT2D eigenvalue weighted by atomic mass is 16.6. The molecule has 1 heterocycles. The molecule has 1 rings (SSSR count). The van der Waals surface area contributed by atoms with E-state index >= 15 is 0 Å². The quantitative estimate of drug-likeness (QED) is 0.195. The number of hydrogen-bond acceptors (Lipinski definition) is 2. The normalized spacial score (nSPS) is 16.8. The van der Waals surface area contributed by atoms with Gasteiger partial charge in [0.2, 0.25) is 0 Å². The van der Waals surface area contributed by atoms with E-state index in [9.17, 15) is 0 Å². The first-order valence-electron chi connectivity index (χ1n) is 10.6. The van der Waals surface area contributed by atoms with Gasteiger partial charge in [-0.05, 0) is 6.42 Å². The summed E-state index contributed by atoms with van der Waals surface area (Å²) in [4.78, 5) is 0. The number of ether oxygens (including phenoxy) is 2. The second kappa shape index (κ2) is 16.8. The zero-order valence-corrected chi connectivity index (χ0v) is 15.8. The molecule has 2 nitrogen and oxygen atoms in total. The van der Waals surface area contributed by atoms with Crippen molar-refractivity contribution in [1.29, 1.82) is 0 Å². The van der Waals surface area contributed by atoms with Crippen molar-refractivity contribution in [3.8, 4) is 0 Å². The van der Waals surface area contributed by atoms with Crippen molar-refractivity contribution in [2.45, 2.75) is 116 Å². The Morgan fingerprint density at radius 1 is 0.652 bits per heavy atom. The summed E-state index contributed by atoms with van der Waals surface area (Å²) in [6.45, 7) is 4.95. The zero-order chi connectivity index (χ0) is 16.4. The Hall–Kier alpha value is -0.0800. The van der Waals surface area contributed by atoms with Crippen LogP contribution < -0.4 is 0 Å². The first-order valence-corrected chi connectivity index (χ1v) is 10.6. The molecule has 0 aromatic rings. The molecule has 0 radical (unpaired) electrons. The molecule has 1 aliphatic rings. The lowest BCUT2D eigenvalue weighted by Crippen LogP contribution is -2.02. The molecule has 138 valence electrons. The van der Waals surface area contributed by atoms with Crippen molar-refractivity contribution in [3.05, 3.63) is 0 Å². The molecule has 0 amide bonds. The van der Waals surface area contributed by atoms with Crippen LogP contribution in [0, 0.1) is 0 Å². The molecule has 0 spiro atoms. The number of epoxide rings is 1. The van der Waals surface area contributed by atoms with Gasteiger partial charge in [0.05, 0.1) is 13.2 Å². The fraction of sp³-hybridized carbons (Fsp3) is 1.00. The monoisotopic (exact) mass is 326 g/mol. The molecular formula is C21H42O2. The van der Waals surface area contributed by atoms with Crippen molar-refractivity contribution in [1.82, 2.24) is 0 Å². The van der Waals surface area contributed by atoms with Crippen LogP contribution in [0.5, 0.6) is 0 Å². The number of hydrogen-bond donors (Lipinski definition) is 0. The standard InChI is InChI=1S/C21H42O2/c1-2-3-4-5-6-7-8-9-10-11-12-13-14-15-16-17-18-22-19-21-20-23-21/h21H,2-20H2,1H3/t21-/m1/s1. The summed E-state index contributed by atoms with van der Waals surface area (Å²) in [5.41, 5.74) is 0. The Morgan fingerprint density at radius 3 is 1.43 bits per heavy atom. The van der Waals surface area contributed by atoms with Gasteiger partial charge >= 0.3 is 0 Å². The maximum Gasteiger partial charge on any atom is 0.104 e. The number of rotatable bonds is 19. The molecule has 0 aromatic heterocycles. The van der Waals surface area contributed by atoms with Gasteiger partial charge in [-0.1, -0.05) is 103 Å². The largest absolute Gasteiger partial charge is 0.379 e. The SMILES string of the molecule is CCCCCCCCCCCCCCCCCCOC[C@@H]1CO1. The lowest BCUT2D eigenvalue weighted by atomic mass is 10.0. The van der Waals surface area contributed by atoms with Crippen molar-refractivity contribution < 1.29 is 9.47 Å². The Kier molecular flexibility index (Phi) is 15.3. The van der Waals surface area contributed by atoms with Crippen LogP contribution in [-0.2, 0) is 9.47 Å². The Labute approximate surface area is 145 Å². The van der Waals surface area contributed by atoms with Crippen LogP contribution in [0.25, 0.3) is 0 Å². The maximum atomic E-state index is 5.55. The Morgan fingerprint density at radius 2 is 1.04 bits per heavy atom. The second-order valence-electron chi connectivity index (χ2n) is 7.33. The van der Waals surface area contributed by atoms with Crippen LogP contribution in [-0.4, -0.2) is 25.9 Å². The molecule has 0 aliphatic carbocycles. The minimum atomic E-state index is 0.427. The molecule has 1 fully saturated rings. The van der Waals surface area contributed by atoms with Crippen LogP contribution in [0.1, 0.15) is 110 Å². The summed E-state index contributed by atoms with van der Waals surface area (Å²) in [5, 5.41) is 0. The second-order valence-corrected chi connectivity index (χ2v) is 7.33. The van der Waals surface area contributed by atoms with E-state index in [1.54, 1.807) is 0 Å². The van der Waals surface area contributed by atoms with Gasteiger partial charge < -0.3 is 9.47 Å². The van der Waals surface area contributed by atoms with E-state index in [1.165, 1.54) is 103 Å². The third-order valence-electron chi connectivity index (χ3n) is 4.85. The molecule has 0 bridgehead atoms. The van der Waals surface area contributed by atoms with E-state index in [1.807, 2.05) is 0 Å². The van der Waals surface area contributed by atoms with Crippen LogP contribution in [0.4, 0.5) is 0 Å². The maximum absolute atomic E-state index is 5.55. The van der Waals surface area contributed by atoms with E-state index < -0.39 is 0 Å². The van der Waals surface area contributed by atoms with Crippen LogP contribution in [0.15, 0.2) is 0 Å². The van der Waals surface area contributed by atoms with Crippen molar-refractivity contribution >= 4 is 0 Å². The smallest absolute Gasteiger partial charge is 0.104 e. The highest BCUT2D eigenvalue weighted by Crippen LogP contribution is 2.14. The van der Waals surface area contributed by atoms with Gasteiger partial charge in [-0.2, -0.15) is 0 Å². The highest BCUT2D eigenvalue weighted by Gasteiger charge is 2.21. The topological polar surface area (TPSA) is 21.8 Å². The summed E-state index contributed by atoms with van der Waals surface area (Å²) in [6.07, 6.45) is 23.2. The third-order valence-corrected chi connectivity index (χ3v) is 4.85. The molecule has 0 N–H and O–H groups in total. The average Bonchev–Trinajstić information content (AvgIpc) is 3.38. The molecule has 1 aliphatic heterocycles. The first kappa shape index (κ1) is 21.0. The van der Waals surface area contributed by atoms with Gasteiger partial charge in [-0.15, -0.1) is 0 Å². The van der Waals surface area contributed by atoms with E-state index in [0.29, 0.717) is 6.10 Å². The van der Waals surface area contributed by atoms with Crippen LogP contribution >= 0.6 is 0 Å². The molecule has 1 saturated heterocycles. The van der Waals surface area contributed by atoms with Crippen molar-refractivity contribution in [3.63, 3.8) is 0 Å². The van der Waals surface area contributed by atoms with Gasteiger partial charge in [0.25, 0.3) is 0 Å². The van der Waals surface area contributed by atoms with Gasteiger partial charge in [-0.25, -0.2) is 0 Å². The van der Waals surface area contributed by atoms with Gasteiger partial charge in [0.15, 0.2) is 0 Å². The van der Waals surface area contributed by atoms with E-state index in [-0.39, 0.29) is 0 Å². The predicted molar refractivity (Wildman–Crippen MR) is 100 cm³/mol. The first-order chi connectivity index (χ1) is 11.4. The minimum Gasteiger partial charge on any atom is -0.379 e. The van der Waals surface area contributed by atoms with Gasteiger partial charge in [-0.3, -0.25) is 0 Å². The fourth-order valence-electron chi connectivity index (χ4n) is 3.13. The molecule has 0 saturated carbocycles.